The first-order valence-corrected chi connectivity index (χ1v) is 10.3. The highest BCUT2D eigenvalue weighted by Gasteiger charge is 2.63. The van der Waals surface area contributed by atoms with Gasteiger partial charge in [-0.2, -0.15) is 0 Å². The van der Waals surface area contributed by atoms with Crippen molar-refractivity contribution < 1.29 is 14.4 Å². The summed E-state index contributed by atoms with van der Waals surface area (Å²) in [7, 11) is 1.98. The summed E-state index contributed by atoms with van der Waals surface area (Å²) in [6, 6.07) is 13.4. The van der Waals surface area contributed by atoms with Gasteiger partial charge in [0.05, 0.1) is 16.8 Å². The fourth-order valence-electron chi connectivity index (χ4n) is 4.94. The third kappa shape index (κ3) is 2.58. The summed E-state index contributed by atoms with van der Waals surface area (Å²) in [5, 5.41) is 2.73. The minimum absolute atomic E-state index is 0.233. The largest absolute Gasteiger partial charge is 0.364 e. The average Bonchev–Trinajstić information content (AvgIpc) is 2.73. The SMILES string of the molecule is CN1CCN2c3ccccc3CC3(C(=O)NC(=O)N(c4ccccc4Cl)C3=O)C2C1. The zero-order valence-electron chi connectivity index (χ0n) is 16.5. The molecule has 30 heavy (non-hydrogen) atoms. The Hall–Kier alpha value is -2.90. The maximum absolute atomic E-state index is 14.0. The molecule has 7 nitrogen and oxygen atoms in total. The van der Waals surface area contributed by atoms with Crippen LogP contribution >= 0.6 is 11.6 Å². The molecule has 0 aromatic heterocycles. The molecule has 3 aliphatic rings. The second-order valence-electron chi connectivity index (χ2n) is 8.10. The quantitative estimate of drug-likeness (QED) is 0.711. The number of nitrogens with one attached hydrogen (secondary N) is 1. The fraction of sp³-hybridized carbons (Fsp3) is 0.318. The fourth-order valence-corrected chi connectivity index (χ4v) is 5.16. The van der Waals surface area contributed by atoms with Crippen LogP contribution in [0.5, 0.6) is 0 Å². The highest BCUT2D eigenvalue weighted by Crippen LogP contribution is 2.46. The molecule has 2 unspecified atom stereocenters. The molecule has 3 heterocycles. The van der Waals surface area contributed by atoms with E-state index in [1.165, 1.54) is 0 Å². The van der Waals surface area contributed by atoms with Crippen LogP contribution in [0.15, 0.2) is 48.5 Å². The van der Waals surface area contributed by atoms with Gasteiger partial charge in [-0.1, -0.05) is 41.9 Å². The predicted molar refractivity (Wildman–Crippen MR) is 114 cm³/mol. The minimum Gasteiger partial charge on any atom is -0.364 e. The van der Waals surface area contributed by atoms with Gasteiger partial charge in [0.2, 0.25) is 5.91 Å². The van der Waals surface area contributed by atoms with Crippen molar-refractivity contribution in [1.29, 1.82) is 0 Å². The van der Waals surface area contributed by atoms with Gasteiger partial charge in [0.25, 0.3) is 5.91 Å². The standard InChI is InChI=1S/C22H21ClN4O3/c1-25-10-11-26-16-8-4-2-6-14(16)12-22(18(26)13-25)19(28)24-21(30)27(20(22)29)17-9-5-3-7-15(17)23/h2-9,18H,10-13H2,1H3,(H,24,28,30). The topological polar surface area (TPSA) is 73.0 Å². The molecule has 2 aromatic rings. The number of amides is 4. The molecule has 0 aliphatic carbocycles. The van der Waals surface area contributed by atoms with Crippen LogP contribution in [0.4, 0.5) is 16.2 Å². The second kappa shape index (κ2) is 6.82. The number of likely N-dealkylation sites (N-methyl/N-ethyl adjacent to an activating group) is 1. The van der Waals surface area contributed by atoms with Crippen LogP contribution < -0.4 is 15.1 Å². The first kappa shape index (κ1) is 19.1. The molecule has 2 atom stereocenters. The van der Waals surface area contributed by atoms with Gasteiger partial charge in [-0.05, 0) is 37.2 Å². The van der Waals surface area contributed by atoms with Crippen molar-refractivity contribution in [2.24, 2.45) is 5.41 Å². The first-order chi connectivity index (χ1) is 14.4. The number of para-hydroxylation sites is 2. The van der Waals surface area contributed by atoms with Gasteiger partial charge < -0.3 is 9.80 Å². The van der Waals surface area contributed by atoms with Gasteiger partial charge in [-0.15, -0.1) is 0 Å². The summed E-state index contributed by atoms with van der Waals surface area (Å²) in [5.74, 6) is -1.07. The van der Waals surface area contributed by atoms with Gasteiger partial charge in [0, 0.05) is 25.3 Å². The summed E-state index contributed by atoms with van der Waals surface area (Å²) < 4.78 is 0. The molecule has 1 spiro atoms. The monoisotopic (exact) mass is 424 g/mol. The number of benzene rings is 2. The molecule has 0 saturated carbocycles. The van der Waals surface area contributed by atoms with Crippen LogP contribution in [0, 0.1) is 5.41 Å². The number of hydrogen-bond acceptors (Lipinski definition) is 5. The molecule has 3 aliphatic heterocycles. The highest BCUT2D eigenvalue weighted by atomic mass is 35.5. The van der Waals surface area contributed by atoms with E-state index in [0.29, 0.717) is 13.1 Å². The van der Waals surface area contributed by atoms with E-state index in [1.54, 1.807) is 24.3 Å². The van der Waals surface area contributed by atoms with Crippen molar-refractivity contribution in [2.75, 3.05) is 36.5 Å². The molecule has 0 radical (unpaired) electrons. The lowest BCUT2D eigenvalue weighted by atomic mass is 9.67. The van der Waals surface area contributed by atoms with Crippen LogP contribution in [0.3, 0.4) is 0 Å². The van der Waals surface area contributed by atoms with Crippen LogP contribution in [0.1, 0.15) is 5.56 Å². The molecule has 2 aromatic carbocycles. The molecule has 0 bridgehead atoms. The van der Waals surface area contributed by atoms with E-state index in [4.69, 9.17) is 11.6 Å². The summed E-state index contributed by atoms with van der Waals surface area (Å²) in [5.41, 5.74) is 0.831. The van der Waals surface area contributed by atoms with Gasteiger partial charge >= 0.3 is 6.03 Å². The second-order valence-corrected chi connectivity index (χ2v) is 8.51. The number of fused-ring (bicyclic) bond motifs is 4. The molecule has 8 heteroatoms. The van der Waals surface area contributed by atoms with E-state index in [9.17, 15) is 14.4 Å². The molecular weight excluding hydrogens is 404 g/mol. The smallest absolute Gasteiger partial charge is 0.335 e. The Bertz CT molecular complexity index is 1070. The van der Waals surface area contributed by atoms with E-state index < -0.39 is 29.3 Å². The molecule has 2 saturated heterocycles. The Labute approximate surface area is 179 Å². The molecule has 1 N–H and O–H groups in total. The Balaban J connectivity index is 1.69. The van der Waals surface area contributed by atoms with Crippen LogP contribution in [-0.4, -0.2) is 55.5 Å². The van der Waals surface area contributed by atoms with Crippen molar-refractivity contribution in [3.05, 3.63) is 59.1 Å². The van der Waals surface area contributed by atoms with Crippen molar-refractivity contribution in [3.63, 3.8) is 0 Å². The normalized spacial score (nSPS) is 26.5. The van der Waals surface area contributed by atoms with E-state index >= 15 is 0 Å². The number of anilines is 2. The van der Waals surface area contributed by atoms with E-state index in [-0.39, 0.29) is 17.1 Å². The number of barbiturate groups is 1. The Morgan fingerprint density at radius 3 is 2.47 bits per heavy atom. The number of hydrogen-bond donors (Lipinski definition) is 1. The summed E-state index contributed by atoms with van der Waals surface area (Å²) in [6.45, 7) is 2.06. The summed E-state index contributed by atoms with van der Waals surface area (Å²) >= 11 is 6.32. The number of halogens is 1. The van der Waals surface area contributed by atoms with E-state index in [0.717, 1.165) is 22.7 Å². The average molecular weight is 425 g/mol. The number of carbonyl (C=O) groups is 3. The molecule has 5 rings (SSSR count). The molecule has 4 amide bonds. The maximum atomic E-state index is 14.0. The Morgan fingerprint density at radius 1 is 1.00 bits per heavy atom. The van der Waals surface area contributed by atoms with E-state index in [1.807, 2.05) is 31.3 Å². The number of nitrogens with zero attached hydrogens (tertiary/aromatic N) is 3. The Morgan fingerprint density at radius 2 is 1.70 bits per heavy atom. The lowest BCUT2D eigenvalue weighted by Gasteiger charge is -2.55. The minimum atomic E-state index is -1.42. The molecular formula is C22H21ClN4O3. The van der Waals surface area contributed by atoms with Gasteiger partial charge in [-0.25, -0.2) is 9.69 Å². The molecule has 154 valence electrons. The van der Waals surface area contributed by atoms with Crippen molar-refractivity contribution in [1.82, 2.24) is 10.2 Å². The van der Waals surface area contributed by atoms with Crippen LogP contribution in [-0.2, 0) is 16.0 Å². The number of urea groups is 1. The Kier molecular flexibility index (Phi) is 4.34. The zero-order chi connectivity index (χ0) is 21.0. The maximum Gasteiger partial charge on any atom is 0.335 e. The van der Waals surface area contributed by atoms with Gasteiger partial charge in [-0.3, -0.25) is 14.9 Å². The third-order valence-corrected chi connectivity index (χ3v) is 6.75. The summed E-state index contributed by atoms with van der Waals surface area (Å²) in [4.78, 5) is 45.4. The van der Waals surface area contributed by atoms with Crippen LogP contribution in [0.25, 0.3) is 0 Å². The number of imide groups is 2. The van der Waals surface area contributed by atoms with Gasteiger partial charge in [0.15, 0.2) is 5.41 Å². The first-order valence-electron chi connectivity index (χ1n) is 9.91. The number of rotatable bonds is 1. The lowest BCUT2D eigenvalue weighted by Crippen LogP contribution is -2.75. The summed E-state index contributed by atoms with van der Waals surface area (Å²) in [6.07, 6.45) is 0.233. The van der Waals surface area contributed by atoms with Crippen molar-refractivity contribution in [2.45, 2.75) is 12.5 Å². The third-order valence-electron chi connectivity index (χ3n) is 6.43. The number of carbonyl (C=O) groups excluding carboxylic acids is 3. The highest BCUT2D eigenvalue weighted by molar-refractivity contribution is 6.37. The van der Waals surface area contributed by atoms with Crippen LogP contribution in [0.2, 0.25) is 5.02 Å². The predicted octanol–water partition coefficient (Wildman–Crippen LogP) is 2.29. The molecule has 2 fully saturated rings. The van der Waals surface area contributed by atoms with Gasteiger partial charge in [0.1, 0.15) is 0 Å². The zero-order valence-corrected chi connectivity index (χ0v) is 17.2. The number of piperazine rings is 1. The van der Waals surface area contributed by atoms with Crippen molar-refractivity contribution >= 4 is 40.8 Å². The lowest BCUT2D eigenvalue weighted by molar-refractivity contribution is -0.145. The van der Waals surface area contributed by atoms with E-state index in [2.05, 4.69) is 15.1 Å². The van der Waals surface area contributed by atoms with Crippen molar-refractivity contribution in [3.8, 4) is 0 Å².